The number of allylic oxidation sites excluding steroid dienone is 3. The molecular weight excluding hydrogens is 1020 g/mol. The molecule has 2 N–H and O–H groups in total. The molecule has 0 radical (unpaired) electrons. The van der Waals surface area contributed by atoms with Crippen molar-refractivity contribution in [1.29, 1.82) is 0 Å². The predicted molar refractivity (Wildman–Crippen MR) is 353 cm³/mol. The Balaban J connectivity index is 4.05. The second kappa shape index (κ2) is 63.5. The molecule has 0 fully saturated rings. The lowest BCUT2D eigenvalue weighted by molar-refractivity contribution is -0.870. The first-order valence-corrected chi connectivity index (χ1v) is 37.7. The van der Waals surface area contributed by atoms with Crippen molar-refractivity contribution in [1.82, 2.24) is 5.32 Å². The maximum Gasteiger partial charge on any atom is 0.268 e. The topological polar surface area (TPSA) is 108 Å². The number of aliphatic hydroxyl groups excluding tert-OH is 1. The van der Waals surface area contributed by atoms with Crippen molar-refractivity contribution in [3.8, 4) is 0 Å². The van der Waals surface area contributed by atoms with Crippen LogP contribution < -0.4 is 10.2 Å². The molecule has 3 unspecified atom stereocenters. The van der Waals surface area contributed by atoms with E-state index in [9.17, 15) is 19.4 Å². The van der Waals surface area contributed by atoms with Crippen LogP contribution in [-0.2, 0) is 18.4 Å². The molecule has 482 valence electrons. The summed E-state index contributed by atoms with van der Waals surface area (Å²) >= 11 is 0. The molecule has 0 saturated carbocycles. The highest BCUT2D eigenvalue weighted by molar-refractivity contribution is 7.45. The second-order valence-corrected chi connectivity index (χ2v) is 27.7. The van der Waals surface area contributed by atoms with Gasteiger partial charge in [0.2, 0.25) is 5.91 Å². The summed E-state index contributed by atoms with van der Waals surface area (Å²) in [7, 11) is 1.26. The Bertz CT molecular complexity index is 1370. The normalized spacial score (nSPS) is 13.7. The van der Waals surface area contributed by atoms with Gasteiger partial charge in [-0.25, -0.2) is 0 Å². The number of nitrogens with one attached hydrogen (secondary N) is 1. The Morgan fingerprint density at radius 3 is 1.00 bits per heavy atom. The number of unbranched alkanes of at least 4 members (excludes halogenated alkanes) is 53. The highest BCUT2D eigenvalue weighted by Crippen LogP contribution is 2.38. The van der Waals surface area contributed by atoms with E-state index in [1.165, 1.54) is 321 Å². The fourth-order valence-corrected chi connectivity index (χ4v) is 12.0. The van der Waals surface area contributed by atoms with Gasteiger partial charge < -0.3 is 28.8 Å². The molecule has 0 saturated heterocycles. The number of hydrogen-bond donors (Lipinski definition) is 2. The molecule has 1 amide bonds. The van der Waals surface area contributed by atoms with Gasteiger partial charge in [-0.1, -0.05) is 366 Å². The van der Waals surface area contributed by atoms with Gasteiger partial charge in [0.25, 0.3) is 7.82 Å². The van der Waals surface area contributed by atoms with Crippen molar-refractivity contribution >= 4 is 13.7 Å². The largest absolute Gasteiger partial charge is 0.756 e. The summed E-state index contributed by atoms with van der Waals surface area (Å²) in [4.78, 5) is 25.6. The third-order valence-electron chi connectivity index (χ3n) is 16.9. The van der Waals surface area contributed by atoms with Crippen molar-refractivity contribution in [3.63, 3.8) is 0 Å². The maximum absolute atomic E-state index is 13.0. The molecule has 0 heterocycles. The minimum absolute atomic E-state index is 0.00336. The van der Waals surface area contributed by atoms with Gasteiger partial charge in [0.05, 0.1) is 39.9 Å². The Morgan fingerprint density at radius 1 is 0.420 bits per heavy atom. The Kier molecular flexibility index (Phi) is 62.7. The number of quaternary nitrogens is 1. The van der Waals surface area contributed by atoms with Crippen molar-refractivity contribution in [3.05, 3.63) is 24.3 Å². The number of nitrogens with zero attached hydrogens (tertiary/aromatic N) is 1. The molecule has 0 aliphatic carbocycles. The molecule has 0 spiro atoms. The lowest BCUT2D eigenvalue weighted by atomic mass is 10.0. The van der Waals surface area contributed by atoms with E-state index in [1.807, 2.05) is 27.2 Å². The minimum Gasteiger partial charge on any atom is -0.756 e. The number of phosphoric ester groups is 1. The number of phosphoric acid groups is 1. The fraction of sp³-hybridized carbons (Fsp3) is 0.931. The van der Waals surface area contributed by atoms with Crippen molar-refractivity contribution < 1.29 is 32.9 Å². The van der Waals surface area contributed by atoms with E-state index in [2.05, 4.69) is 31.3 Å². The third kappa shape index (κ3) is 66.4. The lowest BCUT2D eigenvalue weighted by Crippen LogP contribution is -2.45. The standard InChI is InChI=1S/C72H143N2O6P/c1-6-8-10-12-14-16-18-20-22-24-26-28-30-32-34-35-36-37-38-40-41-43-45-47-49-51-53-55-57-59-61-63-65-71(75)70(69-80-81(77,78)79-68-67-74(3,4)5)73-72(76)66-64-62-60-58-56-54-52-50-48-46-44-42-39-33-31-29-27-25-23-21-19-17-15-13-11-9-7-2/h55,57,63,65,70-71,75H,6-54,56,58-62,64,66-69H2,1-5H3,(H-,73,76,77,78)/b57-55+,65-63+. The van der Waals surface area contributed by atoms with E-state index in [0.717, 1.165) is 38.5 Å². The molecule has 8 nitrogen and oxygen atoms in total. The van der Waals surface area contributed by atoms with Gasteiger partial charge in [-0.05, 0) is 32.1 Å². The lowest BCUT2D eigenvalue weighted by Gasteiger charge is -2.29. The van der Waals surface area contributed by atoms with Crippen LogP contribution in [0.15, 0.2) is 24.3 Å². The Labute approximate surface area is 506 Å². The number of hydrogen-bond acceptors (Lipinski definition) is 6. The zero-order valence-electron chi connectivity index (χ0n) is 55.3. The van der Waals surface area contributed by atoms with E-state index in [4.69, 9.17) is 9.05 Å². The maximum atomic E-state index is 13.0. The van der Waals surface area contributed by atoms with Crippen molar-refractivity contribution in [2.75, 3.05) is 40.9 Å². The van der Waals surface area contributed by atoms with E-state index < -0.39 is 20.0 Å². The molecule has 0 aliphatic heterocycles. The first-order chi connectivity index (χ1) is 39.5. The number of likely N-dealkylation sites (N-methyl/N-ethyl adjacent to an activating group) is 1. The molecule has 81 heavy (non-hydrogen) atoms. The average Bonchev–Trinajstić information content (AvgIpc) is 3.43. The molecule has 3 atom stereocenters. The molecule has 0 aromatic rings. The van der Waals surface area contributed by atoms with Crippen LogP contribution in [0.5, 0.6) is 0 Å². The van der Waals surface area contributed by atoms with Crippen LogP contribution >= 0.6 is 7.82 Å². The number of amides is 1. The summed E-state index contributed by atoms with van der Waals surface area (Å²) in [6, 6.07) is -0.902. The highest BCUT2D eigenvalue weighted by Gasteiger charge is 2.23. The summed E-state index contributed by atoms with van der Waals surface area (Å²) in [6.07, 6.45) is 83.2. The van der Waals surface area contributed by atoms with E-state index in [0.29, 0.717) is 17.4 Å². The zero-order chi connectivity index (χ0) is 59.1. The first-order valence-electron chi connectivity index (χ1n) is 36.2. The second-order valence-electron chi connectivity index (χ2n) is 26.3. The van der Waals surface area contributed by atoms with Crippen molar-refractivity contribution in [2.24, 2.45) is 0 Å². The van der Waals surface area contributed by atoms with Gasteiger partial charge in [-0.3, -0.25) is 9.36 Å². The fourth-order valence-electron chi connectivity index (χ4n) is 11.3. The molecule has 0 rings (SSSR count). The van der Waals surface area contributed by atoms with Crippen LogP contribution in [0.4, 0.5) is 0 Å². The summed E-state index contributed by atoms with van der Waals surface area (Å²) in [5, 5.41) is 14.0. The number of carbonyl (C=O) groups is 1. The minimum atomic E-state index is -4.61. The number of carbonyl (C=O) groups excluding carboxylic acids is 1. The van der Waals surface area contributed by atoms with Gasteiger partial charge in [0.1, 0.15) is 13.2 Å². The molecule has 0 aromatic heterocycles. The number of aliphatic hydroxyl groups is 1. The summed E-state index contributed by atoms with van der Waals surface area (Å²) in [5.41, 5.74) is 0. The van der Waals surface area contributed by atoms with Crippen molar-refractivity contribution in [2.45, 2.75) is 392 Å². The summed E-state index contributed by atoms with van der Waals surface area (Å²) < 4.78 is 23.5. The van der Waals surface area contributed by atoms with Crippen LogP contribution in [0, 0.1) is 0 Å². The molecule has 9 heteroatoms. The van der Waals surface area contributed by atoms with Gasteiger partial charge in [0.15, 0.2) is 0 Å². The quantitative estimate of drug-likeness (QED) is 0.0272. The van der Waals surface area contributed by atoms with E-state index in [-0.39, 0.29) is 19.1 Å². The number of rotatable bonds is 68. The average molecular weight is 1160 g/mol. The van der Waals surface area contributed by atoms with Crippen LogP contribution in [0.2, 0.25) is 0 Å². The SMILES string of the molecule is CCCCCCCCCCCCCCCCCCCCCCCCCCCC/C=C/CC/C=C/C(O)C(COP(=O)([O-])OCC[N+](C)(C)C)NC(=O)CCCCCCCCCCCCCCCCCCCCCCCCCCCCC. The van der Waals surface area contributed by atoms with E-state index in [1.54, 1.807) is 6.08 Å². The first kappa shape index (κ1) is 80.0. The smallest absolute Gasteiger partial charge is 0.268 e. The van der Waals surface area contributed by atoms with Crippen LogP contribution in [0.1, 0.15) is 380 Å². The monoisotopic (exact) mass is 1160 g/mol. The van der Waals surface area contributed by atoms with Crippen LogP contribution in [0.3, 0.4) is 0 Å². The third-order valence-corrected chi connectivity index (χ3v) is 17.9. The van der Waals surface area contributed by atoms with Crippen LogP contribution in [0.25, 0.3) is 0 Å². The Morgan fingerprint density at radius 2 is 0.691 bits per heavy atom. The highest BCUT2D eigenvalue weighted by atomic mass is 31.2. The molecule has 0 aromatic carbocycles. The zero-order valence-corrected chi connectivity index (χ0v) is 56.2. The predicted octanol–water partition coefficient (Wildman–Crippen LogP) is 22.4. The van der Waals surface area contributed by atoms with Gasteiger partial charge in [-0.15, -0.1) is 0 Å². The van der Waals surface area contributed by atoms with Crippen LogP contribution in [-0.4, -0.2) is 68.5 Å². The van der Waals surface area contributed by atoms with Gasteiger partial charge >= 0.3 is 0 Å². The molecule has 0 bridgehead atoms. The summed E-state index contributed by atoms with van der Waals surface area (Å²) in [6.45, 7) is 4.70. The Hall–Kier alpha value is -1.02. The van der Waals surface area contributed by atoms with Gasteiger partial charge in [0, 0.05) is 6.42 Å². The van der Waals surface area contributed by atoms with E-state index >= 15 is 0 Å². The molecular formula is C72H143N2O6P. The molecule has 0 aliphatic rings. The summed E-state index contributed by atoms with van der Waals surface area (Å²) in [5.74, 6) is -0.198. The van der Waals surface area contributed by atoms with Gasteiger partial charge in [-0.2, -0.15) is 0 Å².